The highest BCUT2D eigenvalue weighted by Crippen LogP contribution is 2.24. The number of hydrogen-bond acceptors (Lipinski definition) is 24. The van der Waals surface area contributed by atoms with Crippen LogP contribution in [0.1, 0.15) is 118 Å². The molecule has 0 saturated carbocycles. The number of pyridine rings is 8. The molecule has 16 N–H and O–H groups in total. The molecule has 12 rings (SSSR count). The molecule has 4 amide bonds. The Hall–Kier alpha value is -14.3. The number of nitrogens with one attached hydrogen (secondary N) is 9. The fraction of sp³-hybridized carbons (Fsp3) is 0.277. The van der Waals surface area contributed by atoms with Gasteiger partial charge >= 0.3 is 21.2 Å². The molecule has 0 aliphatic rings. The minimum Gasteiger partial charge on any atom is -0.433 e. The van der Waals surface area contributed by atoms with E-state index < -0.39 is 64.1 Å². The van der Waals surface area contributed by atoms with E-state index in [0.29, 0.717) is 101 Å². The van der Waals surface area contributed by atoms with Crippen LogP contribution in [0.15, 0.2) is 213 Å². The van der Waals surface area contributed by atoms with Gasteiger partial charge in [-0.1, -0.05) is 146 Å². The molecule has 39 heteroatoms. The summed E-state index contributed by atoms with van der Waals surface area (Å²) < 4.78 is 57.9. The van der Waals surface area contributed by atoms with E-state index in [1.165, 1.54) is 18.3 Å². The van der Waals surface area contributed by atoms with Crippen molar-refractivity contribution < 1.29 is 51.1 Å². The van der Waals surface area contributed by atoms with Crippen molar-refractivity contribution in [2.24, 2.45) is 0 Å². The quantitative estimate of drug-likeness (QED) is 0.0171. The van der Waals surface area contributed by atoms with Crippen molar-refractivity contribution in [2.75, 3.05) is 49.1 Å². The number of carbonyl (C=O) groups is 4. The number of amides is 4. The number of nitrogens with zero attached hydrogens (tertiary/aromatic N) is 8. The normalized spacial score (nSPS) is 10.9. The van der Waals surface area contributed by atoms with Gasteiger partial charge in [-0.05, 0) is 224 Å². The van der Waals surface area contributed by atoms with E-state index in [4.69, 9.17) is 11.5 Å². The van der Waals surface area contributed by atoms with Crippen molar-refractivity contribution in [3.8, 4) is 0 Å². The lowest BCUT2D eigenvalue weighted by Gasteiger charge is -2.17. The molecule has 133 heavy (non-hydrogen) atoms. The monoisotopic (exact) mass is 1850 g/mol. The fourth-order valence-electron chi connectivity index (χ4n) is 14.3. The largest absolute Gasteiger partial charge is 0.433 e. The molecule has 0 aliphatic carbocycles. The number of rotatable bonds is 34. The van der Waals surface area contributed by atoms with Gasteiger partial charge in [0.2, 0.25) is 43.7 Å². The highest BCUT2D eigenvalue weighted by atomic mass is 32.2. The SMILES string of the molecule is CB(O)Nc1ccc(CNC(=O)Cn2c(C)cc(Cc3ccccc3)c(C)c2=O)c(C)n1.CB(O)Nc1ccc(CNC(=O)Cn2c(C)cc(Cc3ccccc3)c(N)c2=O)c(C)n1.CB(O)Nc1ccc(CNC(=O)Cn2c(C)cc(Cc3ccccc3)c(NS(C)(=O)=O)c2=O)c(C)n1.Cc1nc(N)ccc1CNC(=O)Cn1c(C)cc(Cc2ccccc2)c(NS(C)(=O)=O)c1=O. The van der Waals surface area contributed by atoms with Gasteiger partial charge < -0.3 is 81.8 Å². The number of aromatic nitrogens is 8. The lowest BCUT2D eigenvalue weighted by Crippen LogP contribution is -2.35. The number of nitrogen functional groups attached to an aromatic ring is 2. The molecule has 0 saturated heterocycles. The van der Waals surface area contributed by atoms with Crippen LogP contribution < -0.4 is 80.1 Å². The topological polar surface area (TPSA) is 497 Å². The highest BCUT2D eigenvalue weighted by Gasteiger charge is 2.24. The second-order valence-electron chi connectivity index (χ2n) is 32.4. The third-order valence-corrected chi connectivity index (χ3v) is 22.3. The van der Waals surface area contributed by atoms with E-state index >= 15 is 0 Å². The first-order valence-electron chi connectivity index (χ1n) is 42.7. The fourth-order valence-corrected chi connectivity index (χ4v) is 15.5. The summed E-state index contributed by atoms with van der Waals surface area (Å²) >= 11 is 0. The Balaban J connectivity index is 0.000000200. The zero-order valence-electron chi connectivity index (χ0n) is 77.0. The Labute approximate surface area is 774 Å². The Bertz CT molecular complexity index is 6470. The van der Waals surface area contributed by atoms with Gasteiger partial charge in [0.05, 0.1) is 12.5 Å². The third kappa shape index (κ3) is 31.5. The summed E-state index contributed by atoms with van der Waals surface area (Å²) in [6, 6.07) is 60.0. The van der Waals surface area contributed by atoms with E-state index in [1.807, 2.05) is 173 Å². The van der Waals surface area contributed by atoms with Crippen molar-refractivity contribution >= 4 is 105 Å². The highest BCUT2D eigenvalue weighted by molar-refractivity contribution is 7.92. The van der Waals surface area contributed by atoms with Crippen LogP contribution in [0.5, 0.6) is 0 Å². The van der Waals surface area contributed by atoms with Gasteiger partial charge in [0, 0.05) is 77.3 Å². The first-order valence-corrected chi connectivity index (χ1v) is 46.5. The molecule has 12 aromatic rings. The van der Waals surface area contributed by atoms with Crippen LogP contribution in [0.2, 0.25) is 20.5 Å². The lowest BCUT2D eigenvalue weighted by molar-refractivity contribution is -0.122. The van der Waals surface area contributed by atoms with Gasteiger partial charge in [-0.25, -0.2) is 36.8 Å². The molecule has 0 radical (unpaired) electrons. The van der Waals surface area contributed by atoms with Crippen LogP contribution in [0.4, 0.5) is 40.3 Å². The van der Waals surface area contributed by atoms with Crippen molar-refractivity contribution in [2.45, 2.75) is 161 Å². The molecule has 0 spiro atoms. The summed E-state index contributed by atoms with van der Waals surface area (Å²) in [4.78, 5) is 120. The zero-order valence-corrected chi connectivity index (χ0v) is 78.6. The van der Waals surface area contributed by atoms with Gasteiger partial charge in [0.1, 0.15) is 66.5 Å². The van der Waals surface area contributed by atoms with E-state index in [9.17, 15) is 70.3 Å². The maximum atomic E-state index is 13.3. The predicted octanol–water partition coefficient (Wildman–Crippen LogP) is 7.85. The van der Waals surface area contributed by atoms with Gasteiger partial charge in [0.25, 0.3) is 22.2 Å². The lowest BCUT2D eigenvalue weighted by atomic mass is 9.89. The smallest absolute Gasteiger partial charge is 0.408 e. The van der Waals surface area contributed by atoms with Gasteiger partial charge in [-0.3, -0.25) is 47.8 Å². The average molecular weight is 1850 g/mol. The van der Waals surface area contributed by atoms with Crippen LogP contribution in [-0.2, 0) is 117 Å². The summed E-state index contributed by atoms with van der Waals surface area (Å²) in [5, 5.41) is 47.9. The molecular formula is C94H114B3N19O15S2. The van der Waals surface area contributed by atoms with Gasteiger partial charge in [0.15, 0.2) is 0 Å². The molecule has 8 heterocycles. The Morgan fingerprint density at radius 1 is 0.338 bits per heavy atom. The Morgan fingerprint density at radius 3 is 0.880 bits per heavy atom. The number of carbonyl (C=O) groups excluding carboxylic acids is 4. The molecule has 0 unspecified atom stereocenters. The number of aryl methyl sites for hydroxylation is 8. The van der Waals surface area contributed by atoms with Crippen LogP contribution in [0.3, 0.4) is 0 Å². The van der Waals surface area contributed by atoms with Crippen molar-refractivity contribution in [1.29, 1.82) is 0 Å². The van der Waals surface area contributed by atoms with E-state index in [-0.39, 0.29) is 85.8 Å². The molecule has 4 aromatic carbocycles. The minimum atomic E-state index is -3.73. The molecule has 8 aromatic heterocycles. The molecule has 0 atom stereocenters. The molecule has 696 valence electrons. The van der Waals surface area contributed by atoms with E-state index in [1.54, 1.807) is 104 Å². The maximum Gasteiger partial charge on any atom is 0.408 e. The molecule has 0 bridgehead atoms. The predicted molar refractivity (Wildman–Crippen MR) is 525 cm³/mol. The van der Waals surface area contributed by atoms with Crippen LogP contribution in [0.25, 0.3) is 0 Å². The number of nitrogens with two attached hydrogens (primary N) is 2. The standard InChI is InChI=1S/C24H30BN5O5S.C24H29BN4O3.C23H28BN5O3.C23H27N5O4S/c1-16-12-20(13-18-8-6-5-7-9-18)23(29-36(4,34)35)24(32)30(16)15-22(31)26-14-19-10-11-21(27-17(19)2)28-25(3)33;1-16-12-21(13-19-8-6-5-7-9-19)17(2)24(31)29(16)15-23(30)26-14-20-10-11-22(27-18(20)3)28-25(4)32;1-15-11-19(12-17-7-5-4-6-8-17)22(25)23(31)29(15)14-21(30)26-13-18-9-10-20(27-16(18)2)28-24(3)32;1-15-11-19(12-17-7-5-4-6-8-17)22(27-33(3,31)32)23(30)28(15)14-21(29)25-13-18-9-10-20(24)26-16(18)2/h5-12,29,33H,13-15H2,1-4H3,(H,26,31)(H,27,28);5-12,32H,13-15H2,1-4H3,(H,26,30)(H,27,28);4-11,32H,12-14,25H2,1-3H3,(H,26,30)(H,27,28);4-11,27H,12-14H2,1-3H3,(H2,24,26)(H,25,29). The second-order valence-corrected chi connectivity index (χ2v) is 35.9. The third-order valence-electron chi connectivity index (χ3n) is 21.2. The molecular weight excluding hydrogens is 1730 g/mol. The first-order chi connectivity index (χ1) is 62.9. The summed E-state index contributed by atoms with van der Waals surface area (Å²) in [5.74, 6) is 0.700. The number of anilines is 7. The summed E-state index contributed by atoms with van der Waals surface area (Å²) in [7, 11) is -9.59. The summed E-state index contributed by atoms with van der Waals surface area (Å²) in [6.07, 6.45) is 3.93. The number of hydrogen-bond donors (Lipinski definition) is 14. The van der Waals surface area contributed by atoms with Crippen molar-refractivity contribution in [1.82, 2.24) is 59.5 Å². The second kappa shape index (κ2) is 47.5. The van der Waals surface area contributed by atoms with Crippen LogP contribution in [0, 0.1) is 62.3 Å². The minimum absolute atomic E-state index is 0.0364. The van der Waals surface area contributed by atoms with Gasteiger partial charge in [-0.15, -0.1) is 0 Å². The van der Waals surface area contributed by atoms with Crippen LogP contribution in [-0.4, -0.2) is 127 Å². The zero-order chi connectivity index (χ0) is 97.1. The average Bonchev–Trinajstić information content (AvgIpc) is 0.793. The summed E-state index contributed by atoms with van der Waals surface area (Å²) in [6.45, 7) is 21.3. The number of benzene rings is 4. The molecule has 0 fully saturated rings. The molecule has 34 nitrogen and oxygen atoms in total. The van der Waals surface area contributed by atoms with E-state index in [2.05, 4.69) is 66.3 Å². The van der Waals surface area contributed by atoms with Crippen molar-refractivity contribution in [3.05, 3.63) is 353 Å². The van der Waals surface area contributed by atoms with Crippen LogP contribution >= 0.6 is 0 Å². The maximum absolute atomic E-state index is 13.3. The number of sulfonamides is 2. The Kier molecular flexibility index (Phi) is 36.6. The summed E-state index contributed by atoms with van der Waals surface area (Å²) in [5.41, 5.74) is 26.3. The van der Waals surface area contributed by atoms with Crippen molar-refractivity contribution in [3.63, 3.8) is 0 Å². The Morgan fingerprint density at radius 2 is 0.594 bits per heavy atom. The van der Waals surface area contributed by atoms with Gasteiger partial charge in [-0.2, -0.15) is 0 Å². The molecule has 0 aliphatic heterocycles. The first kappa shape index (κ1) is 102. The van der Waals surface area contributed by atoms with E-state index in [0.717, 1.165) is 85.2 Å².